The molecule has 0 saturated heterocycles. The number of oxazole rings is 1. The van der Waals surface area contributed by atoms with Gasteiger partial charge >= 0.3 is 0 Å². The van der Waals surface area contributed by atoms with Gasteiger partial charge in [0.05, 0.1) is 5.69 Å². The van der Waals surface area contributed by atoms with Gasteiger partial charge in [-0.3, -0.25) is 0 Å². The summed E-state index contributed by atoms with van der Waals surface area (Å²) in [6, 6.07) is 0.715. The number of nitrogens with one attached hydrogen (secondary N) is 1. The summed E-state index contributed by atoms with van der Waals surface area (Å²) in [7, 11) is 0. The van der Waals surface area contributed by atoms with Crippen molar-refractivity contribution in [3.8, 4) is 0 Å². The quantitative estimate of drug-likeness (QED) is 0.706. The first-order valence-corrected chi connectivity index (χ1v) is 3.96. The summed E-state index contributed by atoms with van der Waals surface area (Å²) in [5.74, 6) is 0.849. The first-order chi connectivity index (χ1) is 5.36. The van der Waals surface area contributed by atoms with E-state index in [2.05, 4.69) is 17.2 Å². The minimum absolute atomic E-state index is 0.715. The number of nitrogens with zero attached hydrogens (tertiary/aromatic N) is 1. The fraction of sp³-hybridized carbons (Fsp3) is 0.625. The molecule has 11 heavy (non-hydrogen) atoms. The smallest absolute Gasteiger partial charge is 0.180 e. The first-order valence-electron chi connectivity index (χ1n) is 3.96. The Bertz CT molecular complexity index is 220. The van der Waals surface area contributed by atoms with Crippen molar-refractivity contribution in [2.45, 2.75) is 25.9 Å². The summed E-state index contributed by atoms with van der Waals surface area (Å²) >= 11 is 0. The lowest BCUT2D eigenvalue weighted by atomic mass is 10.4. The van der Waals surface area contributed by atoms with E-state index in [-0.39, 0.29) is 0 Å². The molecule has 0 aliphatic heterocycles. The molecular formula is C8H12N2O. The lowest BCUT2D eigenvalue weighted by molar-refractivity contribution is 0.554. The van der Waals surface area contributed by atoms with Gasteiger partial charge in [0.25, 0.3) is 0 Å². The van der Waals surface area contributed by atoms with Crippen LogP contribution in [-0.4, -0.2) is 11.0 Å². The van der Waals surface area contributed by atoms with Gasteiger partial charge in [0.1, 0.15) is 6.26 Å². The Labute approximate surface area is 65.8 Å². The van der Waals surface area contributed by atoms with Crippen LogP contribution in [0.3, 0.4) is 0 Å². The zero-order valence-electron chi connectivity index (χ0n) is 6.58. The lowest BCUT2D eigenvalue weighted by Gasteiger charge is -1.97. The molecule has 1 heterocycles. The van der Waals surface area contributed by atoms with Gasteiger partial charge in [-0.1, -0.05) is 6.92 Å². The highest BCUT2D eigenvalue weighted by Crippen LogP contribution is 2.29. The van der Waals surface area contributed by atoms with Crippen LogP contribution in [0, 0.1) is 5.92 Å². The van der Waals surface area contributed by atoms with Crippen LogP contribution in [0.15, 0.2) is 17.1 Å². The Morgan fingerprint density at radius 1 is 1.82 bits per heavy atom. The third-order valence-corrected chi connectivity index (χ3v) is 2.14. The third-order valence-electron chi connectivity index (χ3n) is 2.14. The van der Waals surface area contributed by atoms with Crippen molar-refractivity contribution < 1.29 is 4.42 Å². The first kappa shape index (κ1) is 6.85. The van der Waals surface area contributed by atoms with E-state index in [9.17, 15) is 0 Å². The maximum atomic E-state index is 4.84. The van der Waals surface area contributed by atoms with Crippen molar-refractivity contribution in [3.05, 3.63) is 18.4 Å². The minimum Gasteiger partial charge on any atom is -0.451 e. The summed E-state index contributed by atoms with van der Waals surface area (Å²) in [6.45, 7) is 3.09. The monoisotopic (exact) mass is 152 g/mol. The van der Waals surface area contributed by atoms with E-state index in [1.807, 2.05) is 0 Å². The van der Waals surface area contributed by atoms with Crippen molar-refractivity contribution >= 4 is 0 Å². The molecule has 0 aromatic carbocycles. The molecule has 60 valence electrons. The standard InChI is InChI=1S/C8H12N2O/c1-6-2-8(6)9-3-7-4-11-5-10-7/h4-6,8-9H,2-3H2,1H3. The molecule has 0 bridgehead atoms. The van der Waals surface area contributed by atoms with E-state index >= 15 is 0 Å². The van der Waals surface area contributed by atoms with Crippen LogP contribution in [0.25, 0.3) is 0 Å². The molecule has 1 aromatic rings. The number of hydrogen-bond donors (Lipinski definition) is 1. The predicted molar refractivity (Wildman–Crippen MR) is 40.9 cm³/mol. The van der Waals surface area contributed by atoms with Gasteiger partial charge in [-0.15, -0.1) is 0 Å². The number of aromatic nitrogens is 1. The van der Waals surface area contributed by atoms with E-state index in [0.717, 1.165) is 18.2 Å². The molecule has 2 unspecified atom stereocenters. The van der Waals surface area contributed by atoms with Gasteiger partial charge in [-0.05, 0) is 12.3 Å². The molecule has 0 amide bonds. The highest BCUT2D eigenvalue weighted by atomic mass is 16.3. The summed E-state index contributed by atoms with van der Waals surface area (Å²) < 4.78 is 4.84. The van der Waals surface area contributed by atoms with E-state index in [1.165, 1.54) is 12.8 Å². The molecule has 1 aromatic heterocycles. The molecule has 1 aliphatic carbocycles. The minimum atomic E-state index is 0.715. The van der Waals surface area contributed by atoms with Crippen molar-refractivity contribution in [3.63, 3.8) is 0 Å². The van der Waals surface area contributed by atoms with E-state index in [0.29, 0.717) is 6.04 Å². The van der Waals surface area contributed by atoms with E-state index in [1.54, 1.807) is 6.26 Å². The molecule has 1 saturated carbocycles. The van der Waals surface area contributed by atoms with Crippen LogP contribution >= 0.6 is 0 Å². The molecule has 1 fully saturated rings. The van der Waals surface area contributed by atoms with Crippen LogP contribution in [0.4, 0.5) is 0 Å². The molecule has 2 atom stereocenters. The Balaban J connectivity index is 1.75. The molecule has 0 spiro atoms. The highest BCUT2D eigenvalue weighted by molar-refractivity contribution is 4.95. The average Bonchev–Trinajstić information content (AvgIpc) is 2.55. The molecule has 3 heteroatoms. The van der Waals surface area contributed by atoms with Gasteiger partial charge in [0, 0.05) is 12.6 Å². The Morgan fingerprint density at radius 2 is 2.64 bits per heavy atom. The summed E-state index contributed by atoms with van der Waals surface area (Å²) in [4.78, 5) is 4.01. The van der Waals surface area contributed by atoms with Gasteiger partial charge in [0.2, 0.25) is 0 Å². The van der Waals surface area contributed by atoms with Gasteiger partial charge in [-0.2, -0.15) is 0 Å². The van der Waals surface area contributed by atoms with E-state index < -0.39 is 0 Å². The molecule has 2 rings (SSSR count). The van der Waals surface area contributed by atoms with Crippen LogP contribution in [-0.2, 0) is 6.54 Å². The Kier molecular flexibility index (Phi) is 1.66. The predicted octanol–water partition coefficient (Wildman–Crippen LogP) is 1.17. The summed E-state index contributed by atoms with van der Waals surface area (Å²) in [5.41, 5.74) is 0.990. The molecule has 1 N–H and O–H groups in total. The van der Waals surface area contributed by atoms with Crippen molar-refractivity contribution in [1.29, 1.82) is 0 Å². The Hall–Kier alpha value is -0.830. The molecular weight excluding hydrogens is 140 g/mol. The van der Waals surface area contributed by atoms with Gasteiger partial charge in [0.15, 0.2) is 6.39 Å². The highest BCUT2D eigenvalue weighted by Gasteiger charge is 2.31. The number of rotatable bonds is 3. The second kappa shape index (κ2) is 2.66. The fourth-order valence-corrected chi connectivity index (χ4v) is 1.17. The lowest BCUT2D eigenvalue weighted by Crippen LogP contribution is -2.17. The normalized spacial score (nSPS) is 28.8. The van der Waals surface area contributed by atoms with E-state index in [4.69, 9.17) is 4.42 Å². The number of hydrogen-bond acceptors (Lipinski definition) is 3. The van der Waals surface area contributed by atoms with Crippen LogP contribution < -0.4 is 5.32 Å². The van der Waals surface area contributed by atoms with Crippen LogP contribution in [0.5, 0.6) is 0 Å². The van der Waals surface area contributed by atoms with Crippen molar-refractivity contribution in [2.75, 3.05) is 0 Å². The maximum Gasteiger partial charge on any atom is 0.180 e. The Morgan fingerprint density at radius 3 is 3.18 bits per heavy atom. The topological polar surface area (TPSA) is 38.1 Å². The molecule has 3 nitrogen and oxygen atoms in total. The fourth-order valence-electron chi connectivity index (χ4n) is 1.17. The second-order valence-electron chi connectivity index (χ2n) is 3.18. The SMILES string of the molecule is CC1CC1NCc1cocn1. The van der Waals surface area contributed by atoms with Crippen LogP contribution in [0.2, 0.25) is 0 Å². The molecule has 1 aliphatic rings. The summed E-state index contributed by atoms with van der Waals surface area (Å²) in [5, 5.41) is 3.39. The third kappa shape index (κ3) is 1.60. The van der Waals surface area contributed by atoms with Gasteiger partial charge in [-0.25, -0.2) is 4.98 Å². The molecule has 0 radical (unpaired) electrons. The summed E-state index contributed by atoms with van der Waals surface area (Å²) in [6.07, 6.45) is 4.45. The van der Waals surface area contributed by atoms with Crippen molar-refractivity contribution in [1.82, 2.24) is 10.3 Å². The van der Waals surface area contributed by atoms with Gasteiger partial charge < -0.3 is 9.73 Å². The average molecular weight is 152 g/mol. The second-order valence-corrected chi connectivity index (χ2v) is 3.18. The van der Waals surface area contributed by atoms with Crippen LogP contribution in [0.1, 0.15) is 19.0 Å². The largest absolute Gasteiger partial charge is 0.451 e. The zero-order chi connectivity index (χ0) is 7.68. The maximum absolute atomic E-state index is 4.84. The van der Waals surface area contributed by atoms with Crippen molar-refractivity contribution in [2.24, 2.45) is 5.92 Å². The zero-order valence-corrected chi connectivity index (χ0v) is 6.58.